The molecule has 1 aromatic rings. The Hall–Kier alpha value is -1.62. The van der Waals surface area contributed by atoms with E-state index in [4.69, 9.17) is 0 Å². The van der Waals surface area contributed by atoms with Crippen molar-refractivity contribution in [1.29, 1.82) is 0 Å². The van der Waals surface area contributed by atoms with E-state index in [2.05, 4.69) is 10.6 Å². The molecule has 0 aliphatic heterocycles. The molecule has 116 valence electrons. The maximum atomic E-state index is 12.7. The van der Waals surface area contributed by atoms with Crippen LogP contribution in [0.15, 0.2) is 24.3 Å². The van der Waals surface area contributed by atoms with Crippen molar-refractivity contribution in [3.05, 3.63) is 35.6 Å². The number of carbonyl (C=O) groups is 1. The highest BCUT2D eigenvalue weighted by Crippen LogP contribution is 2.26. The van der Waals surface area contributed by atoms with Crippen molar-refractivity contribution in [1.82, 2.24) is 10.6 Å². The lowest BCUT2D eigenvalue weighted by atomic mass is 9.85. The third-order valence-corrected chi connectivity index (χ3v) is 4.03. The lowest BCUT2D eigenvalue weighted by Crippen LogP contribution is -2.41. The molecule has 0 heterocycles. The van der Waals surface area contributed by atoms with Crippen molar-refractivity contribution >= 4 is 6.03 Å². The number of amides is 2. The highest BCUT2D eigenvalue weighted by atomic mass is 19.1. The van der Waals surface area contributed by atoms with Gasteiger partial charge in [0.25, 0.3) is 0 Å². The van der Waals surface area contributed by atoms with Gasteiger partial charge in [-0.2, -0.15) is 0 Å². The Morgan fingerprint density at radius 3 is 2.52 bits per heavy atom. The second-order valence-electron chi connectivity index (χ2n) is 5.66. The lowest BCUT2D eigenvalue weighted by molar-refractivity contribution is 0.0858. The van der Waals surface area contributed by atoms with Gasteiger partial charge in [0.05, 0.1) is 6.10 Å². The van der Waals surface area contributed by atoms with Gasteiger partial charge in [-0.15, -0.1) is 0 Å². The molecule has 2 rings (SSSR count). The van der Waals surface area contributed by atoms with Crippen molar-refractivity contribution < 1.29 is 14.3 Å². The maximum absolute atomic E-state index is 12.7. The van der Waals surface area contributed by atoms with Crippen LogP contribution in [0.5, 0.6) is 0 Å². The van der Waals surface area contributed by atoms with Crippen LogP contribution in [0.3, 0.4) is 0 Å². The SMILES string of the molecule is O=C(NCc1ccc(F)cc1)NC[C@@H](O)C1CCCCC1. The van der Waals surface area contributed by atoms with Crippen molar-refractivity contribution in [3.8, 4) is 0 Å². The molecule has 0 spiro atoms. The quantitative estimate of drug-likeness (QED) is 0.781. The van der Waals surface area contributed by atoms with Crippen molar-refractivity contribution in [2.45, 2.75) is 44.8 Å². The van der Waals surface area contributed by atoms with E-state index >= 15 is 0 Å². The summed E-state index contributed by atoms with van der Waals surface area (Å²) in [6.07, 6.45) is 5.19. The first-order valence-electron chi connectivity index (χ1n) is 7.59. The summed E-state index contributed by atoms with van der Waals surface area (Å²) < 4.78 is 12.7. The number of hydrogen-bond donors (Lipinski definition) is 3. The van der Waals surface area contributed by atoms with Crippen LogP contribution >= 0.6 is 0 Å². The number of hydrogen-bond acceptors (Lipinski definition) is 2. The van der Waals surface area contributed by atoms with E-state index < -0.39 is 6.10 Å². The van der Waals surface area contributed by atoms with Crippen LogP contribution in [-0.2, 0) is 6.54 Å². The summed E-state index contributed by atoms with van der Waals surface area (Å²) in [5, 5.41) is 15.4. The first-order chi connectivity index (χ1) is 10.1. The second-order valence-corrected chi connectivity index (χ2v) is 5.66. The molecule has 1 aromatic carbocycles. The number of urea groups is 1. The van der Waals surface area contributed by atoms with E-state index in [0.717, 1.165) is 18.4 Å². The van der Waals surface area contributed by atoms with Crippen LogP contribution in [0.25, 0.3) is 0 Å². The first kappa shape index (κ1) is 15.8. The summed E-state index contributed by atoms with van der Waals surface area (Å²) in [7, 11) is 0. The van der Waals surface area contributed by atoms with Gasteiger partial charge < -0.3 is 15.7 Å². The van der Waals surface area contributed by atoms with Crippen LogP contribution in [0.2, 0.25) is 0 Å². The zero-order chi connectivity index (χ0) is 15.1. The monoisotopic (exact) mass is 294 g/mol. The fraction of sp³-hybridized carbons (Fsp3) is 0.562. The van der Waals surface area contributed by atoms with E-state index in [-0.39, 0.29) is 18.4 Å². The zero-order valence-electron chi connectivity index (χ0n) is 12.1. The third kappa shape index (κ3) is 5.34. The van der Waals surface area contributed by atoms with E-state index in [1.54, 1.807) is 12.1 Å². The van der Waals surface area contributed by atoms with Gasteiger partial charge in [-0.3, -0.25) is 0 Å². The highest BCUT2D eigenvalue weighted by molar-refractivity contribution is 5.73. The molecule has 0 radical (unpaired) electrons. The van der Waals surface area contributed by atoms with Gasteiger partial charge in [0.2, 0.25) is 0 Å². The molecule has 1 aliphatic carbocycles. The van der Waals surface area contributed by atoms with Crippen LogP contribution in [-0.4, -0.2) is 23.8 Å². The van der Waals surface area contributed by atoms with Gasteiger partial charge in [0.15, 0.2) is 0 Å². The Kier molecular flexibility index (Phi) is 5.99. The number of rotatable bonds is 5. The summed E-state index contributed by atoms with van der Waals surface area (Å²) in [6, 6.07) is 5.68. The van der Waals surface area contributed by atoms with Crippen molar-refractivity contribution in [2.24, 2.45) is 5.92 Å². The van der Waals surface area contributed by atoms with Crippen LogP contribution < -0.4 is 10.6 Å². The Balaban J connectivity index is 1.66. The smallest absolute Gasteiger partial charge is 0.315 e. The molecule has 0 bridgehead atoms. The molecular formula is C16H23FN2O2. The fourth-order valence-corrected chi connectivity index (χ4v) is 2.73. The molecule has 0 unspecified atom stereocenters. The predicted molar refractivity (Wildman–Crippen MR) is 79.2 cm³/mol. The first-order valence-corrected chi connectivity index (χ1v) is 7.59. The topological polar surface area (TPSA) is 61.4 Å². The molecule has 4 nitrogen and oxygen atoms in total. The van der Waals surface area contributed by atoms with Crippen LogP contribution in [0.1, 0.15) is 37.7 Å². The minimum absolute atomic E-state index is 0.278. The van der Waals surface area contributed by atoms with Gasteiger partial charge in [0.1, 0.15) is 5.82 Å². The number of carbonyl (C=O) groups excluding carboxylic acids is 1. The zero-order valence-corrected chi connectivity index (χ0v) is 12.1. The van der Waals surface area contributed by atoms with Crippen LogP contribution in [0.4, 0.5) is 9.18 Å². The average molecular weight is 294 g/mol. The maximum Gasteiger partial charge on any atom is 0.315 e. The summed E-state index contributed by atoms with van der Waals surface area (Å²) in [5.74, 6) is 0.00922. The van der Waals surface area contributed by atoms with Gasteiger partial charge in [0, 0.05) is 13.1 Å². The largest absolute Gasteiger partial charge is 0.391 e. The molecule has 21 heavy (non-hydrogen) atoms. The molecular weight excluding hydrogens is 271 g/mol. The molecule has 1 aliphatic rings. The number of aliphatic hydroxyl groups excluding tert-OH is 1. The highest BCUT2D eigenvalue weighted by Gasteiger charge is 2.21. The average Bonchev–Trinajstić information content (AvgIpc) is 2.53. The molecule has 0 saturated heterocycles. The Morgan fingerprint density at radius 1 is 1.19 bits per heavy atom. The summed E-state index contributed by atoms with van der Waals surface area (Å²) in [6.45, 7) is 0.617. The van der Waals surface area contributed by atoms with Gasteiger partial charge in [-0.25, -0.2) is 9.18 Å². The second kappa shape index (κ2) is 7.98. The predicted octanol–water partition coefficient (Wildman–Crippen LogP) is 2.57. The fourth-order valence-electron chi connectivity index (χ4n) is 2.73. The normalized spacial score (nSPS) is 17.2. The molecule has 1 atom stereocenters. The molecule has 5 heteroatoms. The molecule has 3 N–H and O–H groups in total. The van der Waals surface area contributed by atoms with E-state index in [0.29, 0.717) is 12.5 Å². The Labute approximate surface area is 124 Å². The van der Waals surface area contributed by atoms with Gasteiger partial charge in [-0.1, -0.05) is 31.4 Å². The number of aliphatic hydroxyl groups is 1. The van der Waals surface area contributed by atoms with E-state index in [9.17, 15) is 14.3 Å². The molecule has 0 aromatic heterocycles. The standard InChI is InChI=1S/C16H23FN2O2/c17-14-8-6-12(7-9-14)10-18-16(21)19-11-15(20)13-4-2-1-3-5-13/h6-9,13,15,20H,1-5,10-11H2,(H2,18,19,21)/t15-/m1/s1. The molecule has 1 saturated carbocycles. The summed E-state index contributed by atoms with van der Waals surface area (Å²) >= 11 is 0. The number of nitrogens with one attached hydrogen (secondary N) is 2. The van der Waals surface area contributed by atoms with Crippen LogP contribution in [0, 0.1) is 11.7 Å². The minimum atomic E-state index is -0.470. The van der Waals surface area contributed by atoms with Crippen molar-refractivity contribution in [2.75, 3.05) is 6.54 Å². The van der Waals surface area contributed by atoms with Gasteiger partial charge >= 0.3 is 6.03 Å². The summed E-state index contributed by atoms with van der Waals surface area (Å²) in [4.78, 5) is 11.7. The Bertz CT molecular complexity index is 444. The van der Waals surface area contributed by atoms with Crippen molar-refractivity contribution in [3.63, 3.8) is 0 Å². The minimum Gasteiger partial charge on any atom is -0.391 e. The lowest BCUT2D eigenvalue weighted by Gasteiger charge is -2.26. The van der Waals surface area contributed by atoms with E-state index in [1.807, 2.05) is 0 Å². The van der Waals surface area contributed by atoms with Gasteiger partial charge in [-0.05, 0) is 36.5 Å². The molecule has 2 amide bonds. The third-order valence-electron chi connectivity index (χ3n) is 4.03. The number of halogens is 1. The molecule has 1 fully saturated rings. The summed E-state index contributed by atoms with van der Waals surface area (Å²) in [5.41, 5.74) is 0.833. The number of benzene rings is 1. The Morgan fingerprint density at radius 2 is 1.86 bits per heavy atom. The van der Waals surface area contributed by atoms with E-state index in [1.165, 1.54) is 31.4 Å².